The van der Waals surface area contributed by atoms with Crippen LogP contribution in [0.15, 0.2) is 4.52 Å². The zero-order chi connectivity index (χ0) is 9.19. The fourth-order valence-corrected chi connectivity index (χ4v) is 0.859. The summed E-state index contributed by atoms with van der Waals surface area (Å²) < 4.78 is 4.76. The van der Waals surface area contributed by atoms with Gasteiger partial charge in [-0.1, -0.05) is 25.9 Å². The van der Waals surface area contributed by atoms with Crippen molar-refractivity contribution in [3.05, 3.63) is 5.82 Å². The molecule has 0 radical (unpaired) electrons. The molecule has 0 aliphatic rings. The van der Waals surface area contributed by atoms with E-state index < -0.39 is 0 Å². The number of nitrogens with zero attached hydrogens (tertiary/aromatic N) is 2. The Morgan fingerprint density at radius 3 is 2.58 bits per heavy atom. The maximum atomic E-state index is 5.08. The molecule has 0 fully saturated rings. The van der Waals surface area contributed by atoms with Gasteiger partial charge in [0, 0.05) is 6.42 Å². The number of aromatic nitrogens is 2. The first kappa shape index (κ1) is 8.99. The lowest BCUT2D eigenvalue weighted by Crippen LogP contribution is -2.11. The van der Waals surface area contributed by atoms with Gasteiger partial charge in [-0.25, -0.2) is 5.84 Å². The molecule has 3 N–H and O–H groups in total. The standard InChI is InChI=1S/C7H14N4O/c1-7(2,3)4-5-9-6(10-8)12-11-5/h4,8H2,1-3H3,(H,9,10,11). The lowest BCUT2D eigenvalue weighted by molar-refractivity contribution is 0.375. The van der Waals surface area contributed by atoms with Crippen LogP contribution in [0.5, 0.6) is 0 Å². The number of anilines is 1. The largest absolute Gasteiger partial charge is 0.335 e. The molecule has 0 aromatic carbocycles. The van der Waals surface area contributed by atoms with Crippen LogP contribution in [0.25, 0.3) is 0 Å². The van der Waals surface area contributed by atoms with E-state index in [9.17, 15) is 0 Å². The average Bonchev–Trinajstić information content (AvgIpc) is 2.32. The van der Waals surface area contributed by atoms with Gasteiger partial charge in [0.1, 0.15) is 0 Å². The van der Waals surface area contributed by atoms with Gasteiger partial charge in [0.25, 0.3) is 0 Å². The first-order valence-electron chi connectivity index (χ1n) is 3.80. The molecule has 0 bridgehead atoms. The highest BCUT2D eigenvalue weighted by atomic mass is 16.5. The van der Waals surface area contributed by atoms with Crippen LogP contribution in [0.3, 0.4) is 0 Å². The topological polar surface area (TPSA) is 77.0 Å². The Hall–Kier alpha value is -1.10. The average molecular weight is 170 g/mol. The van der Waals surface area contributed by atoms with E-state index in [0.717, 1.165) is 6.42 Å². The van der Waals surface area contributed by atoms with Gasteiger partial charge >= 0.3 is 6.01 Å². The maximum absolute atomic E-state index is 5.08. The molecular formula is C7H14N4O. The molecule has 0 aliphatic heterocycles. The molecule has 1 aromatic heterocycles. The normalized spacial score (nSPS) is 11.7. The number of hydrazine groups is 1. The number of nitrogens with two attached hydrogens (primary N) is 1. The molecule has 1 rings (SSSR count). The molecule has 0 saturated heterocycles. The number of rotatable bonds is 2. The maximum Gasteiger partial charge on any atom is 0.335 e. The summed E-state index contributed by atoms with van der Waals surface area (Å²) in [6, 6.07) is 0.259. The van der Waals surface area contributed by atoms with Crippen LogP contribution >= 0.6 is 0 Å². The van der Waals surface area contributed by atoms with E-state index in [2.05, 4.69) is 36.3 Å². The molecular weight excluding hydrogens is 156 g/mol. The van der Waals surface area contributed by atoms with Crippen LogP contribution in [0.1, 0.15) is 26.6 Å². The smallest absolute Gasteiger partial charge is 0.314 e. The Balaban J connectivity index is 2.64. The first-order valence-corrected chi connectivity index (χ1v) is 3.80. The highest BCUT2D eigenvalue weighted by Crippen LogP contribution is 2.18. The lowest BCUT2D eigenvalue weighted by Gasteiger charge is -2.14. The van der Waals surface area contributed by atoms with E-state index in [4.69, 9.17) is 10.4 Å². The zero-order valence-electron chi connectivity index (χ0n) is 7.59. The van der Waals surface area contributed by atoms with Crippen LogP contribution < -0.4 is 11.3 Å². The van der Waals surface area contributed by atoms with Crippen LogP contribution in [0, 0.1) is 5.41 Å². The Morgan fingerprint density at radius 2 is 2.17 bits per heavy atom. The van der Waals surface area contributed by atoms with E-state index in [-0.39, 0.29) is 11.4 Å². The Kier molecular flexibility index (Phi) is 2.32. The second-order valence-electron chi connectivity index (χ2n) is 3.90. The van der Waals surface area contributed by atoms with Crippen LogP contribution in [0.2, 0.25) is 0 Å². The molecule has 0 unspecified atom stereocenters. The van der Waals surface area contributed by atoms with E-state index in [1.165, 1.54) is 0 Å². The monoisotopic (exact) mass is 170 g/mol. The second kappa shape index (κ2) is 3.10. The van der Waals surface area contributed by atoms with Crippen molar-refractivity contribution in [2.45, 2.75) is 27.2 Å². The van der Waals surface area contributed by atoms with Crippen molar-refractivity contribution in [2.24, 2.45) is 11.3 Å². The predicted octanol–water partition coefficient (Wildman–Crippen LogP) is 0.944. The first-order chi connectivity index (χ1) is 5.51. The van der Waals surface area contributed by atoms with E-state index in [0.29, 0.717) is 5.82 Å². The third kappa shape index (κ3) is 2.50. The fourth-order valence-electron chi connectivity index (χ4n) is 0.859. The summed E-state index contributed by atoms with van der Waals surface area (Å²) in [6.45, 7) is 6.33. The highest BCUT2D eigenvalue weighted by molar-refractivity contribution is 5.14. The van der Waals surface area contributed by atoms with Crippen molar-refractivity contribution in [1.82, 2.24) is 10.1 Å². The molecule has 5 nitrogen and oxygen atoms in total. The van der Waals surface area contributed by atoms with Gasteiger partial charge in [-0.3, -0.25) is 5.43 Å². The molecule has 0 saturated carbocycles. The molecule has 12 heavy (non-hydrogen) atoms. The van der Waals surface area contributed by atoms with Crippen molar-refractivity contribution < 1.29 is 4.52 Å². The quantitative estimate of drug-likeness (QED) is 0.510. The number of nitrogen functional groups attached to an aromatic ring is 1. The molecule has 0 spiro atoms. The summed E-state index contributed by atoms with van der Waals surface area (Å²) in [4.78, 5) is 4.00. The molecule has 68 valence electrons. The summed E-state index contributed by atoms with van der Waals surface area (Å²) in [5, 5.41) is 3.74. The minimum atomic E-state index is 0.162. The predicted molar refractivity (Wildman–Crippen MR) is 45.3 cm³/mol. The minimum Gasteiger partial charge on any atom is -0.314 e. The van der Waals surface area contributed by atoms with Gasteiger partial charge in [-0.15, -0.1) is 0 Å². The lowest BCUT2D eigenvalue weighted by atomic mass is 9.92. The summed E-state index contributed by atoms with van der Waals surface area (Å²) >= 11 is 0. The molecule has 0 aliphatic carbocycles. The number of hydrogen-bond acceptors (Lipinski definition) is 5. The van der Waals surface area contributed by atoms with E-state index >= 15 is 0 Å². The van der Waals surface area contributed by atoms with Crippen molar-refractivity contribution in [2.75, 3.05) is 5.43 Å². The third-order valence-electron chi connectivity index (χ3n) is 1.28. The zero-order valence-corrected chi connectivity index (χ0v) is 7.59. The minimum absolute atomic E-state index is 0.162. The van der Waals surface area contributed by atoms with Crippen molar-refractivity contribution in [3.63, 3.8) is 0 Å². The van der Waals surface area contributed by atoms with Gasteiger partial charge in [0.05, 0.1) is 0 Å². The molecule has 0 atom stereocenters. The summed E-state index contributed by atoms with van der Waals surface area (Å²) in [5.74, 6) is 5.76. The van der Waals surface area contributed by atoms with Gasteiger partial charge < -0.3 is 4.52 Å². The van der Waals surface area contributed by atoms with Gasteiger partial charge in [-0.2, -0.15) is 4.98 Å². The Labute approximate surface area is 71.3 Å². The number of hydrogen-bond donors (Lipinski definition) is 2. The number of nitrogens with one attached hydrogen (secondary N) is 1. The van der Waals surface area contributed by atoms with E-state index in [1.807, 2.05) is 0 Å². The molecule has 1 heterocycles. The van der Waals surface area contributed by atoms with Crippen molar-refractivity contribution >= 4 is 6.01 Å². The molecule has 1 aromatic rings. The van der Waals surface area contributed by atoms with Crippen LogP contribution in [-0.4, -0.2) is 10.1 Å². The Bertz CT molecular complexity index is 250. The van der Waals surface area contributed by atoms with E-state index in [1.54, 1.807) is 0 Å². The van der Waals surface area contributed by atoms with Crippen LogP contribution in [0.4, 0.5) is 6.01 Å². The van der Waals surface area contributed by atoms with Crippen molar-refractivity contribution in [1.29, 1.82) is 0 Å². The molecule has 0 amide bonds. The van der Waals surface area contributed by atoms with Gasteiger partial charge in [0.2, 0.25) is 0 Å². The molecule has 5 heteroatoms. The summed E-state index contributed by atoms with van der Waals surface area (Å²) in [6.07, 6.45) is 0.776. The Morgan fingerprint density at radius 1 is 1.50 bits per heavy atom. The SMILES string of the molecule is CC(C)(C)Cc1noc(NN)n1. The van der Waals surface area contributed by atoms with Gasteiger partial charge in [-0.05, 0) is 5.41 Å². The van der Waals surface area contributed by atoms with Gasteiger partial charge in [0.15, 0.2) is 5.82 Å². The summed E-state index contributed by atoms with van der Waals surface area (Å²) in [5.41, 5.74) is 2.46. The summed E-state index contributed by atoms with van der Waals surface area (Å²) in [7, 11) is 0. The second-order valence-corrected chi connectivity index (χ2v) is 3.90. The van der Waals surface area contributed by atoms with Crippen molar-refractivity contribution in [3.8, 4) is 0 Å². The van der Waals surface area contributed by atoms with Crippen LogP contribution in [-0.2, 0) is 6.42 Å². The highest BCUT2D eigenvalue weighted by Gasteiger charge is 2.15. The third-order valence-corrected chi connectivity index (χ3v) is 1.28. The fraction of sp³-hybridized carbons (Fsp3) is 0.714.